The number of pyridine rings is 3. The normalized spacial score (nSPS) is 11.8. The van der Waals surface area contributed by atoms with Gasteiger partial charge in [-0.05, 0) is 58.6 Å². The zero-order chi connectivity index (χ0) is 31.8. The molecule has 1 radical (unpaired) electrons. The van der Waals surface area contributed by atoms with E-state index in [1.54, 1.807) is 0 Å². The van der Waals surface area contributed by atoms with Crippen LogP contribution in [0.2, 0.25) is 19.6 Å². The van der Waals surface area contributed by atoms with Crippen molar-refractivity contribution in [3.8, 4) is 22.5 Å². The number of furan rings is 1. The van der Waals surface area contributed by atoms with Crippen LogP contribution in [0.5, 0.6) is 0 Å². The summed E-state index contributed by atoms with van der Waals surface area (Å²) in [5.74, 6) is 0.534. The number of aryl methyl sites for hydroxylation is 2. The first-order valence-corrected chi connectivity index (χ1v) is 18.9. The minimum absolute atomic E-state index is 0. The van der Waals surface area contributed by atoms with Crippen LogP contribution in [0.15, 0.2) is 77.5 Å². The van der Waals surface area contributed by atoms with Crippen molar-refractivity contribution >= 4 is 35.3 Å². The Morgan fingerprint density at radius 3 is 2.29 bits per heavy atom. The second-order valence-corrected chi connectivity index (χ2v) is 19.0. The number of fused-ring (bicyclic) bond motifs is 3. The molecule has 6 heteroatoms. The Bertz CT molecular complexity index is 1930. The van der Waals surface area contributed by atoms with Crippen molar-refractivity contribution in [2.45, 2.75) is 79.4 Å². The van der Waals surface area contributed by atoms with Gasteiger partial charge in [-0.2, -0.15) is 0 Å². The molecule has 45 heavy (non-hydrogen) atoms. The Hall–Kier alpha value is -3.44. The smallest absolute Gasteiger partial charge is 0.216 e. The van der Waals surface area contributed by atoms with Gasteiger partial charge >= 0.3 is 0 Å². The Kier molecular flexibility index (Phi) is 10.3. The summed E-state index contributed by atoms with van der Waals surface area (Å²) in [6.45, 7) is 22.3. The molecule has 0 N–H and O–H groups in total. The molecule has 4 aromatic heterocycles. The monoisotopic (exact) mass is 790 g/mol. The number of rotatable bonds is 4. The van der Waals surface area contributed by atoms with Crippen molar-refractivity contribution in [1.82, 2.24) is 15.0 Å². The van der Waals surface area contributed by atoms with Crippen LogP contribution in [-0.4, -0.2) is 23.0 Å². The Balaban J connectivity index is 0.000000208. The third-order valence-corrected chi connectivity index (χ3v) is 10.0. The molecule has 0 unspecified atom stereocenters. The second-order valence-electron chi connectivity index (χ2n) is 14.0. The molecular weight excluding hydrogens is 747 g/mol. The first kappa shape index (κ1) is 34.4. The molecule has 4 nitrogen and oxygen atoms in total. The molecular formula is C39H43IrN3OSi-2. The molecule has 0 aliphatic carbocycles. The molecule has 235 valence electrons. The van der Waals surface area contributed by atoms with E-state index in [2.05, 4.69) is 125 Å². The molecule has 0 saturated carbocycles. The van der Waals surface area contributed by atoms with Crippen molar-refractivity contribution in [2.75, 3.05) is 0 Å². The molecule has 0 amide bonds. The maximum absolute atomic E-state index is 6.14. The van der Waals surface area contributed by atoms with Gasteiger partial charge in [-0.15, -0.1) is 53.6 Å². The number of aromatic nitrogens is 3. The zero-order valence-corrected chi connectivity index (χ0v) is 31.5. The van der Waals surface area contributed by atoms with E-state index in [1.165, 1.54) is 16.3 Å². The van der Waals surface area contributed by atoms with Crippen molar-refractivity contribution in [3.63, 3.8) is 0 Å². The topological polar surface area (TPSA) is 51.8 Å². The van der Waals surface area contributed by atoms with Crippen LogP contribution in [0.4, 0.5) is 0 Å². The molecule has 0 saturated heterocycles. The van der Waals surface area contributed by atoms with Crippen LogP contribution < -0.4 is 5.19 Å². The van der Waals surface area contributed by atoms with Crippen molar-refractivity contribution in [2.24, 2.45) is 0 Å². The molecule has 0 fully saturated rings. The summed E-state index contributed by atoms with van der Waals surface area (Å²) in [7, 11) is -1.34. The van der Waals surface area contributed by atoms with Crippen LogP contribution in [0.25, 0.3) is 44.6 Å². The molecule has 4 heterocycles. The average Bonchev–Trinajstić information content (AvgIpc) is 3.36. The van der Waals surface area contributed by atoms with E-state index in [4.69, 9.17) is 4.42 Å². The summed E-state index contributed by atoms with van der Waals surface area (Å²) in [4.78, 5) is 13.8. The first-order valence-electron chi connectivity index (χ1n) is 15.4. The van der Waals surface area contributed by atoms with Gasteiger partial charge < -0.3 is 14.4 Å². The predicted octanol–water partition coefficient (Wildman–Crippen LogP) is 9.97. The van der Waals surface area contributed by atoms with Crippen molar-refractivity contribution < 1.29 is 24.5 Å². The van der Waals surface area contributed by atoms with E-state index in [0.717, 1.165) is 50.1 Å². The minimum atomic E-state index is -1.34. The molecule has 2 aromatic carbocycles. The van der Waals surface area contributed by atoms with Gasteiger partial charge in [-0.25, -0.2) is 4.98 Å². The Morgan fingerprint density at radius 2 is 1.64 bits per heavy atom. The SMILES string of the molecule is CC(C)c1cc(-c2[c-]cccc2)ncc1[Si](C)(C)C.Cc1ccc2c(n1)oc1c(-c3cc(C(C)(C)C)ccn3)[c-]cc(C)c12.[Ir]. The fourth-order valence-electron chi connectivity index (χ4n) is 5.46. The van der Waals surface area contributed by atoms with E-state index in [9.17, 15) is 0 Å². The number of hydrogen-bond acceptors (Lipinski definition) is 4. The van der Waals surface area contributed by atoms with Crippen molar-refractivity contribution in [3.05, 3.63) is 108 Å². The third-order valence-electron chi connectivity index (χ3n) is 7.98. The number of benzene rings is 2. The van der Waals surface area contributed by atoms with Crippen LogP contribution in [0.3, 0.4) is 0 Å². The van der Waals surface area contributed by atoms with Gasteiger partial charge in [0.05, 0.1) is 13.7 Å². The summed E-state index contributed by atoms with van der Waals surface area (Å²) in [5.41, 5.74) is 10.2. The van der Waals surface area contributed by atoms with Gasteiger partial charge in [0.2, 0.25) is 5.71 Å². The summed E-state index contributed by atoms with van der Waals surface area (Å²) >= 11 is 0. The first-order chi connectivity index (χ1) is 20.7. The number of hydrogen-bond donors (Lipinski definition) is 0. The van der Waals surface area contributed by atoms with Crippen molar-refractivity contribution in [1.29, 1.82) is 0 Å². The molecule has 0 atom stereocenters. The van der Waals surface area contributed by atoms with Gasteiger partial charge in [-0.3, -0.25) is 0 Å². The van der Waals surface area contributed by atoms with Gasteiger partial charge in [0.1, 0.15) is 0 Å². The standard InChI is InChI=1S/C22H21N2O.C17H22NSi.Ir/c1-13-6-8-16(18-12-15(10-11-23-18)22(3,4)5)20-19(13)17-9-7-14(2)24-21(17)25-20;1-13(2)15-11-16(14-9-7-6-8-10-14)18-12-17(15)19(3,4)5;/h6-7,9-12H,1-5H3;6-9,11-13H,1-5H3;/q2*-1;. The van der Waals surface area contributed by atoms with Gasteiger partial charge in [0.25, 0.3) is 0 Å². The fourth-order valence-corrected chi connectivity index (χ4v) is 7.13. The van der Waals surface area contributed by atoms with E-state index in [0.29, 0.717) is 11.6 Å². The zero-order valence-electron chi connectivity index (χ0n) is 28.1. The minimum Gasteiger partial charge on any atom is -0.486 e. The maximum atomic E-state index is 6.14. The van der Waals surface area contributed by atoms with Gasteiger partial charge in [0, 0.05) is 43.6 Å². The Labute approximate surface area is 283 Å². The summed E-state index contributed by atoms with van der Waals surface area (Å²) in [6, 6.07) is 27.2. The quantitative estimate of drug-likeness (QED) is 0.132. The van der Waals surface area contributed by atoms with E-state index in [1.807, 2.05) is 43.5 Å². The summed E-state index contributed by atoms with van der Waals surface area (Å²) in [5, 5.41) is 3.61. The van der Waals surface area contributed by atoms with Crippen LogP contribution in [0, 0.1) is 26.0 Å². The molecule has 6 aromatic rings. The second kappa shape index (κ2) is 13.5. The van der Waals surface area contributed by atoms with E-state index >= 15 is 0 Å². The van der Waals surface area contributed by atoms with Crippen LogP contribution in [-0.2, 0) is 25.5 Å². The molecule has 0 aliphatic heterocycles. The molecule has 6 rings (SSSR count). The van der Waals surface area contributed by atoms with Crippen LogP contribution >= 0.6 is 0 Å². The van der Waals surface area contributed by atoms with E-state index < -0.39 is 8.07 Å². The maximum Gasteiger partial charge on any atom is 0.216 e. The van der Waals surface area contributed by atoms with Gasteiger partial charge in [0.15, 0.2) is 0 Å². The van der Waals surface area contributed by atoms with Gasteiger partial charge in [-0.1, -0.05) is 89.8 Å². The Morgan fingerprint density at radius 1 is 0.889 bits per heavy atom. The predicted molar refractivity (Wildman–Crippen MR) is 187 cm³/mol. The largest absolute Gasteiger partial charge is 0.486 e. The fraction of sp³-hybridized carbons (Fsp3) is 0.308. The molecule has 0 aliphatic rings. The summed E-state index contributed by atoms with van der Waals surface area (Å²) < 4.78 is 6.14. The summed E-state index contributed by atoms with van der Waals surface area (Å²) in [6.07, 6.45) is 3.96. The van der Waals surface area contributed by atoms with Crippen LogP contribution in [0.1, 0.15) is 62.9 Å². The third kappa shape index (κ3) is 7.52. The van der Waals surface area contributed by atoms with E-state index in [-0.39, 0.29) is 25.5 Å². The molecule has 0 bridgehead atoms. The average molecular weight is 790 g/mol. The molecule has 0 spiro atoms. The number of nitrogens with zero attached hydrogens (tertiary/aromatic N) is 3.